The third kappa shape index (κ3) is 5.52. The fourth-order valence-electron chi connectivity index (χ4n) is 3.81. The van der Waals surface area contributed by atoms with Gasteiger partial charge in [0.1, 0.15) is 17.3 Å². The summed E-state index contributed by atoms with van der Waals surface area (Å²) in [5.41, 5.74) is 9.21. The van der Waals surface area contributed by atoms with E-state index in [4.69, 9.17) is 5.73 Å². The van der Waals surface area contributed by atoms with Gasteiger partial charge in [-0.15, -0.1) is 0 Å². The van der Waals surface area contributed by atoms with Gasteiger partial charge in [-0.1, -0.05) is 44.2 Å². The van der Waals surface area contributed by atoms with Gasteiger partial charge in [-0.2, -0.15) is 5.10 Å². The SMILES string of the molecule is CC(C)[C@H]1CN(Cc2ccccc2)CCN1c1c(F)cc(C=NNC(N)=S)cc1F. The predicted molar refractivity (Wildman–Crippen MR) is 122 cm³/mol. The highest BCUT2D eigenvalue weighted by molar-refractivity contribution is 7.80. The molecule has 0 unspecified atom stereocenters. The minimum absolute atomic E-state index is 0.00209. The van der Waals surface area contributed by atoms with Gasteiger partial charge in [0.05, 0.1) is 6.21 Å². The number of nitrogens with two attached hydrogens (primary N) is 1. The van der Waals surface area contributed by atoms with E-state index in [-0.39, 0.29) is 22.8 Å². The van der Waals surface area contributed by atoms with Gasteiger partial charge in [0.25, 0.3) is 0 Å². The Kier molecular flexibility index (Phi) is 7.33. The quantitative estimate of drug-likeness (QED) is 0.417. The molecule has 1 fully saturated rings. The summed E-state index contributed by atoms with van der Waals surface area (Å²) in [6.45, 7) is 7.03. The molecule has 0 radical (unpaired) electrons. The van der Waals surface area contributed by atoms with Crippen molar-refractivity contribution in [3.8, 4) is 0 Å². The number of hydrogen-bond acceptors (Lipinski definition) is 4. The Labute approximate surface area is 181 Å². The van der Waals surface area contributed by atoms with Gasteiger partial charge in [-0.3, -0.25) is 10.3 Å². The van der Waals surface area contributed by atoms with Crippen molar-refractivity contribution in [2.75, 3.05) is 24.5 Å². The molecule has 1 heterocycles. The lowest BCUT2D eigenvalue weighted by atomic mass is 9.97. The van der Waals surface area contributed by atoms with Gasteiger partial charge >= 0.3 is 0 Å². The third-order valence-electron chi connectivity index (χ3n) is 5.24. The summed E-state index contributed by atoms with van der Waals surface area (Å²) in [6.07, 6.45) is 1.28. The second kappa shape index (κ2) is 9.95. The van der Waals surface area contributed by atoms with Crippen LogP contribution in [0.3, 0.4) is 0 Å². The number of rotatable bonds is 6. The molecule has 160 valence electrons. The number of anilines is 1. The predicted octanol–water partition coefficient (Wildman–Crippen LogP) is 3.48. The maximum absolute atomic E-state index is 14.9. The highest BCUT2D eigenvalue weighted by Gasteiger charge is 2.32. The van der Waals surface area contributed by atoms with E-state index in [2.05, 4.69) is 53.6 Å². The monoisotopic (exact) mass is 431 g/mol. The van der Waals surface area contributed by atoms with E-state index in [1.165, 1.54) is 23.9 Å². The highest BCUT2D eigenvalue weighted by Crippen LogP contribution is 2.31. The van der Waals surface area contributed by atoms with Gasteiger partial charge in [-0.05, 0) is 35.8 Å². The smallest absolute Gasteiger partial charge is 0.184 e. The van der Waals surface area contributed by atoms with Gasteiger partial charge < -0.3 is 10.6 Å². The molecule has 30 heavy (non-hydrogen) atoms. The molecule has 1 aliphatic rings. The number of nitrogens with one attached hydrogen (secondary N) is 1. The second-order valence-electron chi connectivity index (χ2n) is 7.79. The highest BCUT2D eigenvalue weighted by atomic mass is 32.1. The average Bonchev–Trinajstić information content (AvgIpc) is 2.69. The second-order valence-corrected chi connectivity index (χ2v) is 8.23. The molecule has 1 aliphatic heterocycles. The average molecular weight is 432 g/mol. The van der Waals surface area contributed by atoms with Crippen LogP contribution in [0.15, 0.2) is 47.6 Å². The maximum Gasteiger partial charge on any atom is 0.184 e. The van der Waals surface area contributed by atoms with Crippen molar-refractivity contribution in [2.24, 2.45) is 16.8 Å². The van der Waals surface area contributed by atoms with Crippen molar-refractivity contribution in [1.29, 1.82) is 0 Å². The molecule has 1 atom stereocenters. The molecule has 0 bridgehead atoms. The number of thiocarbonyl (C=S) groups is 1. The summed E-state index contributed by atoms with van der Waals surface area (Å²) in [6, 6.07) is 12.8. The Bertz CT molecular complexity index is 881. The van der Waals surface area contributed by atoms with Crippen molar-refractivity contribution in [2.45, 2.75) is 26.4 Å². The van der Waals surface area contributed by atoms with Crippen LogP contribution in [-0.2, 0) is 6.54 Å². The van der Waals surface area contributed by atoms with Crippen LogP contribution in [0.5, 0.6) is 0 Å². The Morgan fingerprint density at radius 2 is 1.90 bits per heavy atom. The van der Waals surface area contributed by atoms with Crippen molar-refractivity contribution < 1.29 is 8.78 Å². The zero-order valence-corrected chi connectivity index (χ0v) is 18.0. The lowest BCUT2D eigenvalue weighted by Crippen LogP contribution is -2.55. The topological polar surface area (TPSA) is 56.9 Å². The molecule has 0 aliphatic carbocycles. The Balaban J connectivity index is 1.79. The maximum atomic E-state index is 14.9. The number of piperazine rings is 1. The molecule has 5 nitrogen and oxygen atoms in total. The lowest BCUT2D eigenvalue weighted by Gasteiger charge is -2.45. The summed E-state index contributed by atoms with van der Waals surface area (Å²) in [5, 5.41) is 3.75. The van der Waals surface area contributed by atoms with Crippen LogP contribution in [0.25, 0.3) is 0 Å². The molecule has 0 aromatic heterocycles. The summed E-state index contributed by atoms with van der Waals surface area (Å²) in [7, 11) is 0. The fraction of sp³-hybridized carbons (Fsp3) is 0.364. The standard InChI is InChI=1S/C22H27F2N5S/c1-15(2)20-14-28(13-16-6-4-3-5-7-16)8-9-29(20)21-18(23)10-17(11-19(21)24)12-26-27-22(25)30/h3-7,10-12,15,20H,8-9,13-14H2,1-2H3,(H3,25,27,30)/t20-/m1/s1. The summed E-state index contributed by atoms with van der Waals surface area (Å²) in [4.78, 5) is 4.21. The summed E-state index contributed by atoms with van der Waals surface area (Å²) < 4.78 is 29.9. The summed E-state index contributed by atoms with van der Waals surface area (Å²) >= 11 is 4.65. The van der Waals surface area contributed by atoms with E-state index in [0.29, 0.717) is 12.1 Å². The van der Waals surface area contributed by atoms with E-state index in [1.54, 1.807) is 0 Å². The first-order valence-corrected chi connectivity index (χ1v) is 10.4. The first kappa shape index (κ1) is 22.1. The number of nitrogens with zero attached hydrogens (tertiary/aromatic N) is 3. The van der Waals surface area contributed by atoms with E-state index in [0.717, 1.165) is 19.6 Å². The van der Waals surface area contributed by atoms with Crippen molar-refractivity contribution in [1.82, 2.24) is 10.3 Å². The molecular formula is C22H27F2N5S. The summed E-state index contributed by atoms with van der Waals surface area (Å²) in [5.74, 6) is -0.971. The van der Waals surface area contributed by atoms with Crippen LogP contribution < -0.4 is 16.1 Å². The van der Waals surface area contributed by atoms with E-state index in [9.17, 15) is 8.78 Å². The van der Waals surface area contributed by atoms with Crippen LogP contribution >= 0.6 is 12.2 Å². The third-order valence-corrected chi connectivity index (χ3v) is 5.33. The number of hydrazone groups is 1. The van der Waals surface area contributed by atoms with E-state index in [1.807, 2.05) is 23.1 Å². The minimum Gasteiger partial charge on any atom is -0.375 e. The molecule has 2 aromatic carbocycles. The van der Waals surface area contributed by atoms with Gasteiger partial charge in [-0.25, -0.2) is 8.78 Å². The van der Waals surface area contributed by atoms with Crippen LogP contribution in [0.4, 0.5) is 14.5 Å². The van der Waals surface area contributed by atoms with E-state index < -0.39 is 11.6 Å². The minimum atomic E-state index is -0.603. The molecule has 3 rings (SSSR count). The molecular weight excluding hydrogens is 404 g/mol. The van der Waals surface area contributed by atoms with Crippen LogP contribution in [0, 0.1) is 17.6 Å². The largest absolute Gasteiger partial charge is 0.375 e. The van der Waals surface area contributed by atoms with Crippen LogP contribution in [0.2, 0.25) is 0 Å². The zero-order chi connectivity index (χ0) is 21.7. The lowest BCUT2D eigenvalue weighted by molar-refractivity contribution is 0.191. The fourth-order valence-corrected chi connectivity index (χ4v) is 3.86. The molecule has 0 saturated carbocycles. The van der Waals surface area contributed by atoms with Crippen molar-refractivity contribution in [3.05, 3.63) is 65.2 Å². The van der Waals surface area contributed by atoms with E-state index >= 15 is 0 Å². The number of benzene rings is 2. The zero-order valence-electron chi connectivity index (χ0n) is 17.2. The van der Waals surface area contributed by atoms with Crippen LogP contribution in [0.1, 0.15) is 25.0 Å². The Hall–Kier alpha value is -2.58. The number of hydrogen-bond donors (Lipinski definition) is 2. The number of halogens is 2. The molecule has 8 heteroatoms. The molecule has 3 N–H and O–H groups in total. The van der Waals surface area contributed by atoms with Crippen molar-refractivity contribution >= 4 is 29.2 Å². The van der Waals surface area contributed by atoms with Gasteiger partial charge in [0.2, 0.25) is 0 Å². The first-order valence-electron chi connectivity index (χ1n) is 9.95. The first-order chi connectivity index (χ1) is 14.3. The Morgan fingerprint density at radius 3 is 2.50 bits per heavy atom. The molecule has 0 spiro atoms. The normalized spacial score (nSPS) is 17.6. The van der Waals surface area contributed by atoms with Gasteiger partial charge in [0.15, 0.2) is 5.11 Å². The Morgan fingerprint density at radius 1 is 1.23 bits per heavy atom. The van der Waals surface area contributed by atoms with Gasteiger partial charge in [0, 0.05) is 37.8 Å². The molecule has 2 aromatic rings. The van der Waals surface area contributed by atoms with Crippen molar-refractivity contribution in [3.63, 3.8) is 0 Å². The molecule has 0 amide bonds. The molecule has 1 saturated heterocycles. The van der Waals surface area contributed by atoms with Crippen LogP contribution in [-0.4, -0.2) is 41.9 Å².